The predicted octanol–water partition coefficient (Wildman–Crippen LogP) is 4.56. The molecule has 1 fully saturated rings. The summed E-state index contributed by atoms with van der Waals surface area (Å²) in [6, 6.07) is 14.0. The minimum Gasteiger partial charge on any atom is -0.494 e. The Bertz CT molecular complexity index is 1080. The number of ether oxygens (including phenoxy) is 1. The Labute approximate surface area is 194 Å². The number of rotatable bonds is 6. The standard InChI is InChI=1S/C22H19Cl2N3O3S/c1-3-30-16-8-6-15(7-9-16)27-21(29)19(10-13-4-5-14(23)11-18(13)24)31-22(27)17(12-25)20(28)26-2/h4-9,11,19H,3,10H2,1-2H3,(H,26,28)/b22-17-. The number of thioether (sulfide) groups is 1. The van der Waals surface area contributed by atoms with Crippen molar-refractivity contribution in [1.82, 2.24) is 5.32 Å². The number of likely N-dealkylation sites (N-methyl/N-ethyl adjacent to an activating group) is 1. The van der Waals surface area contributed by atoms with E-state index in [4.69, 9.17) is 27.9 Å². The number of amides is 2. The van der Waals surface area contributed by atoms with Crippen molar-refractivity contribution in [3.05, 3.63) is 68.7 Å². The van der Waals surface area contributed by atoms with Crippen LogP contribution < -0.4 is 15.0 Å². The van der Waals surface area contributed by atoms with Gasteiger partial charge in [-0.05, 0) is 55.3 Å². The molecule has 160 valence electrons. The second-order valence-corrected chi connectivity index (χ2v) is 8.55. The van der Waals surface area contributed by atoms with Crippen molar-refractivity contribution < 1.29 is 14.3 Å². The Morgan fingerprint density at radius 3 is 2.55 bits per heavy atom. The lowest BCUT2D eigenvalue weighted by Gasteiger charge is -2.19. The van der Waals surface area contributed by atoms with Crippen LogP contribution in [-0.2, 0) is 16.0 Å². The van der Waals surface area contributed by atoms with Gasteiger partial charge in [0.15, 0.2) is 0 Å². The fraction of sp³-hybridized carbons (Fsp3) is 0.227. The maximum atomic E-state index is 13.4. The number of halogens is 2. The van der Waals surface area contributed by atoms with Crippen LogP contribution in [0.15, 0.2) is 53.1 Å². The van der Waals surface area contributed by atoms with Gasteiger partial charge in [0, 0.05) is 22.8 Å². The van der Waals surface area contributed by atoms with Crippen LogP contribution in [-0.4, -0.2) is 30.7 Å². The predicted molar refractivity (Wildman–Crippen MR) is 123 cm³/mol. The van der Waals surface area contributed by atoms with Crippen LogP contribution in [0.1, 0.15) is 12.5 Å². The molecule has 1 aliphatic heterocycles. The lowest BCUT2D eigenvalue weighted by molar-refractivity contribution is -0.117. The first kappa shape index (κ1) is 23.0. The van der Waals surface area contributed by atoms with E-state index in [1.165, 1.54) is 23.7 Å². The van der Waals surface area contributed by atoms with E-state index in [1.807, 2.05) is 13.0 Å². The third-order valence-electron chi connectivity index (χ3n) is 4.56. The molecule has 0 saturated carbocycles. The molecule has 0 aliphatic carbocycles. The van der Waals surface area contributed by atoms with Gasteiger partial charge in [0.2, 0.25) is 5.91 Å². The van der Waals surface area contributed by atoms with E-state index >= 15 is 0 Å². The molecule has 2 amide bonds. The Morgan fingerprint density at radius 2 is 1.97 bits per heavy atom. The number of nitriles is 1. The Kier molecular flexibility index (Phi) is 7.50. The third-order valence-corrected chi connectivity index (χ3v) is 6.41. The Morgan fingerprint density at radius 1 is 1.26 bits per heavy atom. The van der Waals surface area contributed by atoms with Crippen LogP contribution >= 0.6 is 35.0 Å². The van der Waals surface area contributed by atoms with Crippen LogP contribution in [0.3, 0.4) is 0 Å². The second-order valence-electron chi connectivity index (χ2n) is 6.52. The molecule has 2 aromatic rings. The number of hydrogen-bond acceptors (Lipinski definition) is 5. The van der Waals surface area contributed by atoms with E-state index < -0.39 is 11.2 Å². The van der Waals surface area contributed by atoms with Gasteiger partial charge in [-0.25, -0.2) is 0 Å². The van der Waals surface area contributed by atoms with Crippen molar-refractivity contribution in [1.29, 1.82) is 5.26 Å². The summed E-state index contributed by atoms with van der Waals surface area (Å²) < 4.78 is 5.46. The van der Waals surface area contributed by atoms with Gasteiger partial charge in [-0.3, -0.25) is 14.5 Å². The fourth-order valence-electron chi connectivity index (χ4n) is 3.09. The molecule has 1 unspecified atom stereocenters. The number of carbonyl (C=O) groups excluding carboxylic acids is 2. The van der Waals surface area contributed by atoms with E-state index in [9.17, 15) is 14.9 Å². The van der Waals surface area contributed by atoms with Gasteiger partial charge in [-0.15, -0.1) is 0 Å². The van der Waals surface area contributed by atoms with Gasteiger partial charge >= 0.3 is 0 Å². The Hall–Kier alpha value is -2.66. The molecule has 3 rings (SSSR count). The zero-order valence-corrected chi connectivity index (χ0v) is 19.1. The molecule has 2 aromatic carbocycles. The summed E-state index contributed by atoms with van der Waals surface area (Å²) in [5.74, 6) is -0.141. The molecular weight excluding hydrogens is 457 g/mol. The summed E-state index contributed by atoms with van der Waals surface area (Å²) in [5, 5.41) is 12.8. The third kappa shape index (κ3) is 4.99. The second kappa shape index (κ2) is 10.1. The molecule has 0 bridgehead atoms. The van der Waals surface area contributed by atoms with Gasteiger partial charge in [-0.2, -0.15) is 5.26 Å². The van der Waals surface area contributed by atoms with E-state index in [0.29, 0.717) is 34.5 Å². The lowest BCUT2D eigenvalue weighted by atomic mass is 10.1. The monoisotopic (exact) mass is 475 g/mol. The van der Waals surface area contributed by atoms with Crippen LogP contribution in [0.5, 0.6) is 5.75 Å². The molecule has 1 atom stereocenters. The molecule has 0 radical (unpaired) electrons. The fourth-order valence-corrected chi connectivity index (χ4v) is 4.87. The maximum Gasteiger partial charge on any atom is 0.264 e. The zero-order chi connectivity index (χ0) is 22.5. The van der Waals surface area contributed by atoms with Crippen molar-refractivity contribution in [2.24, 2.45) is 0 Å². The van der Waals surface area contributed by atoms with Gasteiger partial charge in [0.05, 0.1) is 11.9 Å². The summed E-state index contributed by atoms with van der Waals surface area (Å²) in [6.45, 7) is 2.40. The van der Waals surface area contributed by atoms with Gasteiger partial charge in [0.1, 0.15) is 22.4 Å². The number of benzene rings is 2. The van der Waals surface area contributed by atoms with Crippen molar-refractivity contribution in [2.45, 2.75) is 18.6 Å². The molecule has 1 heterocycles. The van der Waals surface area contributed by atoms with Gasteiger partial charge in [0.25, 0.3) is 5.91 Å². The number of nitrogens with zero attached hydrogens (tertiary/aromatic N) is 2. The van der Waals surface area contributed by atoms with Crippen molar-refractivity contribution in [3.8, 4) is 11.8 Å². The van der Waals surface area contributed by atoms with Crippen LogP contribution in [0.25, 0.3) is 0 Å². The highest BCUT2D eigenvalue weighted by Crippen LogP contribution is 2.42. The highest BCUT2D eigenvalue weighted by molar-refractivity contribution is 8.05. The van der Waals surface area contributed by atoms with Crippen LogP contribution in [0, 0.1) is 11.3 Å². The molecular formula is C22H19Cl2N3O3S. The first-order valence-corrected chi connectivity index (χ1v) is 11.1. The highest BCUT2D eigenvalue weighted by atomic mass is 35.5. The van der Waals surface area contributed by atoms with Crippen molar-refractivity contribution in [2.75, 3.05) is 18.6 Å². The van der Waals surface area contributed by atoms with Crippen molar-refractivity contribution in [3.63, 3.8) is 0 Å². The summed E-state index contributed by atoms with van der Waals surface area (Å²) in [4.78, 5) is 27.1. The number of hydrogen-bond donors (Lipinski definition) is 1. The summed E-state index contributed by atoms with van der Waals surface area (Å²) >= 11 is 13.4. The molecule has 1 aliphatic rings. The topological polar surface area (TPSA) is 82.4 Å². The minimum absolute atomic E-state index is 0.126. The minimum atomic E-state index is -0.562. The Balaban J connectivity index is 2.02. The molecule has 6 nitrogen and oxygen atoms in total. The summed E-state index contributed by atoms with van der Waals surface area (Å²) in [5.41, 5.74) is 1.17. The van der Waals surface area contributed by atoms with E-state index in [0.717, 1.165) is 5.56 Å². The first-order valence-electron chi connectivity index (χ1n) is 9.43. The van der Waals surface area contributed by atoms with Gasteiger partial charge < -0.3 is 10.1 Å². The average molecular weight is 476 g/mol. The lowest BCUT2D eigenvalue weighted by Crippen LogP contribution is -2.31. The van der Waals surface area contributed by atoms with Crippen molar-refractivity contribution >= 4 is 52.5 Å². The van der Waals surface area contributed by atoms with Crippen LogP contribution in [0.4, 0.5) is 5.69 Å². The number of nitrogens with one attached hydrogen (secondary N) is 1. The summed E-state index contributed by atoms with van der Waals surface area (Å²) in [6.07, 6.45) is 0.322. The highest BCUT2D eigenvalue weighted by Gasteiger charge is 2.41. The number of anilines is 1. The van der Waals surface area contributed by atoms with Crippen LogP contribution in [0.2, 0.25) is 10.0 Å². The molecule has 1 saturated heterocycles. The van der Waals surface area contributed by atoms with E-state index in [-0.39, 0.29) is 16.5 Å². The maximum absolute atomic E-state index is 13.4. The largest absolute Gasteiger partial charge is 0.494 e. The van der Waals surface area contributed by atoms with Gasteiger partial charge in [-0.1, -0.05) is 41.0 Å². The molecule has 1 N–H and O–H groups in total. The number of carbonyl (C=O) groups is 2. The molecule has 0 spiro atoms. The first-order chi connectivity index (χ1) is 14.9. The van der Waals surface area contributed by atoms with E-state index in [2.05, 4.69) is 5.32 Å². The normalized spacial score (nSPS) is 17.3. The SMILES string of the molecule is CCOc1ccc(N2C(=O)C(Cc3ccc(Cl)cc3Cl)S/C2=C(/C#N)C(=O)NC)cc1. The molecule has 31 heavy (non-hydrogen) atoms. The average Bonchev–Trinajstić information content (AvgIpc) is 3.07. The smallest absolute Gasteiger partial charge is 0.264 e. The zero-order valence-electron chi connectivity index (χ0n) is 16.8. The molecule has 0 aromatic heterocycles. The molecule has 9 heteroatoms. The van der Waals surface area contributed by atoms with E-state index in [1.54, 1.807) is 42.5 Å². The summed E-state index contributed by atoms with van der Waals surface area (Å²) in [7, 11) is 1.44. The quantitative estimate of drug-likeness (QED) is 0.488.